The minimum atomic E-state index is -0.0392. The number of nitrogens with one attached hydrogen (secondary N) is 1. The lowest BCUT2D eigenvalue weighted by Crippen LogP contribution is -2.33. The maximum Gasteiger partial charge on any atom is 0.232 e. The van der Waals surface area contributed by atoms with Crippen LogP contribution >= 0.6 is 0 Å². The molecule has 1 rings (SSSR count). The first-order valence-electron chi connectivity index (χ1n) is 3.72. The van der Waals surface area contributed by atoms with Gasteiger partial charge >= 0.3 is 0 Å². The minimum Gasteiger partial charge on any atom is -0.294 e. The van der Waals surface area contributed by atoms with Gasteiger partial charge in [-0.15, -0.1) is 0 Å². The number of hydrogen-bond donors (Lipinski definition) is 1. The van der Waals surface area contributed by atoms with Crippen LogP contribution in [0.25, 0.3) is 0 Å². The summed E-state index contributed by atoms with van der Waals surface area (Å²) in [7, 11) is 0. The fourth-order valence-electron chi connectivity index (χ4n) is 0.677. The van der Waals surface area contributed by atoms with Crippen molar-refractivity contribution in [3.05, 3.63) is 0 Å². The Labute approximate surface area is 65.4 Å². The summed E-state index contributed by atoms with van der Waals surface area (Å²) in [6.07, 6.45) is 1.29. The first-order chi connectivity index (χ1) is 5.26. The summed E-state index contributed by atoms with van der Waals surface area (Å²) in [5, 5.41) is 2.55. The van der Waals surface area contributed by atoms with E-state index in [1.807, 2.05) is 6.92 Å². The number of amidine groups is 1. The second-order valence-electron chi connectivity index (χ2n) is 2.22. The zero-order chi connectivity index (χ0) is 8.27. The van der Waals surface area contributed by atoms with Gasteiger partial charge in [0.2, 0.25) is 11.9 Å². The molecule has 60 valence electrons. The summed E-state index contributed by atoms with van der Waals surface area (Å²) in [5.74, 6) is 1.22. The molecular formula is C7H11N3O. The van der Waals surface area contributed by atoms with Crippen LogP contribution in [0.15, 0.2) is 9.98 Å². The van der Waals surface area contributed by atoms with Crippen LogP contribution in [0.2, 0.25) is 0 Å². The number of nitrogens with zero attached hydrogens (tertiary/aromatic N) is 2. The van der Waals surface area contributed by atoms with Crippen molar-refractivity contribution in [2.24, 2.45) is 9.98 Å². The largest absolute Gasteiger partial charge is 0.294 e. The average molecular weight is 153 g/mol. The molecule has 0 bridgehead atoms. The van der Waals surface area contributed by atoms with E-state index in [9.17, 15) is 4.79 Å². The number of amides is 1. The van der Waals surface area contributed by atoms with Crippen molar-refractivity contribution in [2.75, 3.05) is 0 Å². The fraction of sp³-hybridized carbons (Fsp3) is 0.571. The number of carbonyl (C=O) groups excluding carboxylic acids is 1. The van der Waals surface area contributed by atoms with Crippen LogP contribution in [0.5, 0.6) is 0 Å². The molecule has 1 N–H and O–H groups in total. The molecule has 0 aromatic heterocycles. The van der Waals surface area contributed by atoms with Gasteiger partial charge in [0.05, 0.1) is 0 Å². The highest BCUT2D eigenvalue weighted by molar-refractivity contribution is 6.14. The molecule has 0 saturated carbocycles. The predicted octanol–water partition coefficient (Wildman–Crippen LogP) is 0.691. The monoisotopic (exact) mass is 153 g/mol. The number of hydrogen-bond acceptors (Lipinski definition) is 3. The van der Waals surface area contributed by atoms with Crippen LogP contribution in [0.4, 0.5) is 0 Å². The molecule has 0 fully saturated rings. The van der Waals surface area contributed by atoms with Gasteiger partial charge in [-0.05, 0) is 0 Å². The Balaban J connectivity index is 2.28. The van der Waals surface area contributed by atoms with Crippen LogP contribution in [-0.2, 0) is 4.79 Å². The SMILES string of the molecule is CCC(=O)NC1=NC(CC)=N1. The second kappa shape index (κ2) is 3.27. The Kier molecular flexibility index (Phi) is 2.36. The molecule has 0 aliphatic carbocycles. The Morgan fingerprint density at radius 1 is 1.45 bits per heavy atom. The summed E-state index contributed by atoms with van der Waals surface area (Å²) < 4.78 is 0. The molecule has 4 nitrogen and oxygen atoms in total. The zero-order valence-corrected chi connectivity index (χ0v) is 6.72. The van der Waals surface area contributed by atoms with E-state index in [4.69, 9.17) is 0 Å². The maximum absolute atomic E-state index is 10.7. The maximum atomic E-state index is 10.7. The third-order valence-corrected chi connectivity index (χ3v) is 1.36. The van der Waals surface area contributed by atoms with Crippen molar-refractivity contribution < 1.29 is 4.79 Å². The highest BCUT2D eigenvalue weighted by Gasteiger charge is 2.11. The van der Waals surface area contributed by atoms with Gasteiger partial charge in [0.1, 0.15) is 5.84 Å². The summed E-state index contributed by atoms with van der Waals surface area (Å²) in [4.78, 5) is 18.7. The van der Waals surface area contributed by atoms with E-state index >= 15 is 0 Å². The highest BCUT2D eigenvalue weighted by atomic mass is 16.1. The van der Waals surface area contributed by atoms with Gasteiger partial charge in [-0.2, -0.15) is 9.98 Å². The van der Waals surface area contributed by atoms with Gasteiger partial charge in [-0.1, -0.05) is 13.8 Å². The Hall–Kier alpha value is -1.19. The molecule has 0 spiro atoms. The van der Waals surface area contributed by atoms with Crippen molar-refractivity contribution in [1.29, 1.82) is 0 Å². The summed E-state index contributed by atoms with van der Waals surface area (Å²) in [5.41, 5.74) is 0. The molecular weight excluding hydrogens is 142 g/mol. The van der Waals surface area contributed by atoms with E-state index in [0.29, 0.717) is 12.4 Å². The topological polar surface area (TPSA) is 53.8 Å². The molecule has 0 saturated heterocycles. The lowest BCUT2D eigenvalue weighted by atomic mass is 10.4. The van der Waals surface area contributed by atoms with Gasteiger partial charge in [0.15, 0.2) is 0 Å². The van der Waals surface area contributed by atoms with Gasteiger partial charge in [0, 0.05) is 12.8 Å². The first-order valence-corrected chi connectivity index (χ1v) is 3.72. The van der Waals surface area contributed by atoms with E-state index in [0.717, 1.165) is 12.3 Å². The van der Waals surface area contributed by atoms with Crippen molar-refractivity contribution >= 4 is 17.7 Å². The molecule has 1 aliphatic heterocycles. The summed E-state index contributed by atoms with van der Waals surface area (Å²) in [6, 6.07) is 0. The minimum absolute atomic E-state index is 0.0392. The van der Waals surface area contributed by atoms with Crippen molar-refractivity contribution in [3.63, 3.8) is 0 Å². The third-order valence-electron chi connectivity index (χ3n) is 1.36. The van der Waals surface area contributed by atoms with Crippen molar-refractivity contribution in [2.45, 2.75) is 26.7 Å². The third kappa shape index (κ3) is 1.86. The predicted molar refractivity (Wildman–Crippen MR) is 43.6 cm³/mol. The van der Waals surface area contributed by atoms with E-state index in [1.54, 1.807) is 6.92 Å². The van der Waals surface area contributed by atoms with Gasteiger partial charge < -0.3 is 0 Å². The first kappa shape index (κ1) is 7.91. The smallest absolute Gasteiger partial charge is 0.232 e. The van der Waals surface area contributed by atoms with Crippen LogP contribution < -0.4 is 5.32 Å². The van der Waals surface area contributed by atoms with Gasteiger partial charge in [-0.25, -0.2) is 0 Å². The summed E-state index contributed by atoms with van der Waals surface area (Å²) in [6.45, 7) is 3.76. The van der Waals surface area contributed by atoms with Crippen LogP contribution in [-0.4, -0.2) is 17.7 Å². The molecule has 1 aliphatic rings. The molecule has 0 aromatic carbocycles. The molecule has 0 aromatic rings. The highest BCUT2D eigenvalue weighted by Crippen LogP contribution is 1.99. The van der Waals surface area contributed by atoms with Crippen LogP contribution in [0.3, 0.4) is 0 Å². The summed E-state index contributed by atoms with van der Waals surface area (Å²) >= 11 is 0. The Bertz CT molecular complexity index is 230. The van der Waals surface area contributed by atoms with Gasteiger partial charge in [0.25, 0.3) is 0 Å². The lowest BCUT2D eigenvalue weighted by Gasteiger charge is -2.10. The lowest BCUT2D eigenvalue weighted by molar-refractivity contribution is -0.119. The Morgan fingerprint density at radius 2 is 2.09 bits per heavy atom. The van der Waals surface area contributed by atoms with Crippen LogP contribution in [0, 0.1) is 0 Å². The van der Waals surface area contributed by atoms with E-state index in [1.165, 1.54) is 0 Å². The van der Waals surface area contributed by atoms with E-state index in [2.05, 4.69) is 15.3 Å². The Morgan fingerprint density at radius 3 is 2.55 bits per heavy atom. The number of carbonyl (C=O) groups is 1. The molecule has 11 heavy (non-hydrogen) atoms. The fourth-order valence-corrected chi connectivity index (χ4v) is 0.677. The van der Waals surface area contributed by atoms with Crippen LogP contribution in [0.1, 0.15) is 26.7 Å². The average Bonchev–Trinajstić information content (AvgIpc) is 1.95. The van der Waals surface area contributed by atoms with Crippen molar-refractivity contribution in [1.82, 2.24) is 5.32 Å². The standard InChI is InChI=1S/C7H11N3O/c1-3-5-8-7(9-5)10-6(11)4-2/h3-4H2,1-2H3,(H,8,9,10,11). The molecule has 0 unspecified atom stereocenters. The number of rotatable bonds is 2. The molecule has 4 heteroatoms. The number of guanidine groups is 1. The molecule has 1 heterocycles. The van der Waals surface area contributed by atoms with E-state index in [-0.39, 0.29) is 5.91 Å². The molecule has 1 amide bonds. The van der Waals surface area contributed by atoms with Gasteiger partial charge in [-0.3, -0.25) is 10.1 Å². The molecule has 0 atom stereocenters. The zero-order valence-electron chi connectivity index (χ0n) is 6.72. The van der Waals surface area contributed by atoms with E-state index < -0.39 is 0 Å². The molecule has 0 radical (unpaired) electrons. The second-order valence-corrected chi connectivity index (χ2v) is 2.22. The van der Waals surface area contributed by atoms with Crippen molar-refractivity contribution in [3.8, 4) is 0 Å². The normalized spacial score (nSPS) is 14.7. The number of aliphatic imine (C=N–C) groups is 2. The quantitative estimate of drug-likeness (QED) is 0.623.